The lowest BCUT2D eigenvalue weighted by molar-refractivity contribution is -0.147. The molecule has 1 aromatic carbocycles. The van der Waals surface area contributed by atoms with Crippen LogP contribution in [-0.4, -0.2) is 97.4 Å². The number of nitrogens with zero attached hydrogens (tertiary/aromatic N) is 3. The van der Waals surface area contributed by atoms with Crippen LogP contribution in [0, 0.1) is 11.3 Å². The van der Waals surface area contributed by atoms with E-state index in [1.165, 1.54) is 32.1 Å². The van der Waals surface area contributed by atoms with Crippen LogP contribution in [0.3, 0.4) is 0 Å². The molecular formula is C33H50ClN5O3. The van der Waals surface area contributed by atoms with Crippen molar-refractivity contribution in [3.8, 4) is 0 Å². The zero-order chi connectivity index (χ0) is 29.7. The molecule has 2 aliphatic heterocycles. The predicted octanol–water partition coefficient (Wildman–Crippen LogP) is 3.86. The van der Waals surface area contributed by atoms with E-state index in [1.807, 2.05) is 43.3 Å². The van der Waals surface area contributed by atoms with Crippen LogP contribution in [-0.2, 0) is 20.8 Å². The van der Waals surface area contributed by atoms with Gasteiger partial charge in [0.2, 0.25) is 17.7 Å². The quantitative estimate of drug-likeness (QED) is 0.474. The third-order valence-electron chi connectivity index (χ3n) is 10.6. The Hall–Kier alpha value is -2.16. The van der Waals surface area contributed by atoms with Gasteiger partial charge >= 0.3 is 0 Å². The van der Waals surface area contributed by atoms with Crippen molar-refractivity contribution in [2.45, 2.75) is 95.2 Å². The second-order valence-electron chi connectivity index (χ2n) is 13.4. The van der Waals surface area contributed by atoms with E-state index in [0.29, 0.717) is 55.9 Å². The molecule has 8 nitrogen and oxygen atoms in total. The van der Waals surface area contributed by atoms with Gasteiger partial charge in [0.1, 0.15) is 12.1 Å². The summed E-state index contributed by atoms with van der Waals surface area (Å²) in [6.07, 6.45) is 12.2. The molecule has 2 heterocycles. The number of rotatable bonds is 8. The first-order chi connectivity index (χ1) is 20.2. The molecule has 4 aliphatic rings. The fourth-order valence-electron chi connectivity index (χ4n) is 7.84. The highest BCUT2D eigenvalue weighted by Crippen LogP contribution is 2.46. The number of piperidine rings is 1. The summed E-state index contributed by atoms with van der Waals surface area (Å²) < 4.78 is 0. The molecule has 3 amide bonds. The standard InChI is InChI=1S/C33H50ClN5O3/c1-37-20-21-38(2)29(23-37)30(40)36-28(22-24-12-14-26(34)15-13-24)31(41)39-18-16-33(17-19-39,25-8-4-3-5-9-25)32(42)35-27-10-6-7-11-27/h12-15,25,27-29H,3-11,16-23H2,1-2H3,(H,35,42)(H,36,40)/t28-,29-/m1/s1. The van der Waals surface area contributed by atoms with Crippen molar-refractivity contribution < 1.29 is 14.4 Å². The molecule has 5 rings (SSSR count). The Labute approximate surface area is 256 Å². The van der Waals surface area contributed by atoms with Crippen LogP contribution >= 0.6 is 11.6 Å². The number of carbonyl (C=O) groups excluding carboxylic acids is 3. The molecule has 9 heteroatoms. The van der Waals surface area contributed by atoms with Gasteiger partial charge in [-0.15, -0.1) is 0 Å². The molecule has 0 radical (unpaired) electrons. The molecule has 2 N–H and O–H groups in total. The minimum atomic E-state index is -0.672. The number of halogens is 1. The minimum absolute atomic E-state index is 0.0569. The van der Waals surface area contributed by atoms with Crippen LogP contribution in [0.15, 0.2) is 24.3 Å². The maximum atomic E-state index is 14.1. The van der Waals surface area contributed by atoms with Crippen LogP contribution in [0.1, 0.15) is 76.2 Å². The molecule has 42 heavy (non-hydrogen) atoms. The molecule has 2 atom stereocenters. The van der Waals surface area contributed by atoms with E-state index in [0.717, 1.165) is 44.3 Å². The van der Waals surface area contributed by atoms with Crippen LogP contribution in [0.25, 0.3) is 0 Å². The highest BCUT2D eigenvalue weighted by molar-refractivity contribution is 6.30. The lowest BCUT2D eigenvalue weighted by atomic mass is 9.63. The summed E-state index contributed by atoms with van der Waals surface area (Å²) in [5.41, 5.74) is 0.557. The minimum Gasteiger partial charge on any atom is -0.353 e. The summed E-state index contributed by atoms with van der Waals surface area (Å²) >= 11 is 6.13. The van der Waals surface area contributed by atoms with Crippen molar-refractivity contribution in [2.24, 2.45) is 11.3 Å². The fraction of sp³-hybridized carbons (Fsp3) is 0.727. The molecule has 2 aliphatic carbocycles. The first-order valence-corrected chi connectivity index (χ1v) is 16.7. The Morgan fingerprint density at radius 2 is 1.55 bits per heavy atom. The zero-order valence-electron chi connectivity index (χ0n) is 25.6. The Kier molecular flexibility index (Phi) is 10.5. The van der Waals surface area contributed by atoms with Gasteiger partial charge in [0.25, 0.3) is 0 Å². The van der Waals surface area contributed by atoms with Crippen molar-refractivity contribution in [2.75, 3.05) is 46.8 Å². The van der Waals surface area contributed by atoms with Crippen molar-refractivity contribution in [1.82, 2.24) is 25.3 Å². The summed E-state index contributed by atoms with van der Waals surface area (Å²) in [6.45, 7) is 3.45. The number of hydrogen-bond acceptors (Lipinski definition) is 5. The first kappa shape index (κ1) is 31.3. The topological polar surface area (TPSA) is 85.0 Å². The smallest absolute Gasteiger partial charge is 0.245 e. The van der Waals surface area contributed by atoms with E-state index in [-0.39, 0.29) is 23.8 Å². The fourth-order valence-corrected chi connectivity index (χ4v) is 7.97. The van der Waals surface area contributed by atoms with E-state index >= 15 is 0 Å². The second kappa shape index (κ2) is 14.1. The van der Waals surface area contributed by atoms with Crippen LogP contribution in [0.5, 0.6) is 0 Å². The number of nitrogens with one attached hydrogen (secondary N) is 2. The second-order valence-corrected chi connectivity index (χ2v) is 13.9. The number of piperazine rings is 1. The molecule has 0 aromatic heterocycles. The first-order valence-electron chi connectivity index (χ1n) is 16.3. The van der Waals surface area contributed by atoms with E-state index in [1.54, 1.807) is 0 Å². The summed E-state index contributed by atoms with van der Waals surface area (Å²) in [6, 6.07) is 6.82. The maximum Gasteiger partial charge on any atom is 0.245 e. The molecule has 0 spiro atoms. The normalized spacial score (nSPS) is 25.2. The van der Waals surface area contributed by atoms with Gasteiger partial charge in [0, 0.05) is 50.2 Å². The molecule has 2 saturated heterocycles. The highest BCUT2D eigenvalue weighted by Gasteiger charge is 2.49. The Balaban J connectivity index is 1.30. The van der Waals surface area contributed by atoms with Crippen molar-refractivity contribution in [3.63, 3.8) is 0 Å². The van der Waals surface area contributed by atoms with E-state index < -0.39 is 11.5 Å². The van der Waals surface area contributed by atoms with Gasteiger partial charge in [-0.1, -0.05) is 55.8 Å². The van der Waals surface area contributed by atoms with Gasteiger partial charge in [-0.2, -0.15) is 0 Å². The number of hydrogen-bond donors (Lipinski definition) is 2. The van der Waals surface area contributed by atoms with Crippen LogP contribution < -0.4 is 10.6 Å². The maximum absolute atomic E-state index is 14.1. The largest absolute Gasteiger partial charge is 0.353 e. The van der Waals surface area contributed by atoms with E-state index in [9.17, 15) is 14.4 Å². The summed E-state index contributed by atoms with van der Waals surface area (Å²) in [5.74, 6) is 0.441. The number of likely N-dealkylation sites (tertiary alicyclic amines) is 1. The van der Waals surface area contributed by atoms with Gasteiger partial charge in [-0.3, -0.25) is 19.3 Å². The molecule has 0 unspecified atom stereocenters. The van der Waals surface area contributed by atoms with Crippen molar-refractivity contribution >= 4 is 29.3 Å². The molecule has 232 valence electrons. The molecule has 2 saturated carbocycles. The Bertz CT molecular complexity index is 1080. The zero-order valence-corrected chi connectivity index (χ0v) is 26.3. The molecule has 1 aromatic rings. The summed E-state index contributed by atoms with van der Waals surface area (Å²) in [7, 11) is 4.00. The number of benzene rings is 1. The highest BCUT2D eigenvalue weighted by atomic mass is 35.5. The molecular weight excluding hydrogens is 550 g/mol. The summed E-state index contributed by atoms with van der Waals surface area (Å²) in [4.78, 5) is 47.7. The van der Waals surface area contributed by atoms with Crippen LogP contribution in [0.4, 0.5) is 0 Å². The average Bonchev–Trinajstić information content (AvgIpc) is 3.52. The lowest BCUT2D eigenvalue weighted by Crippen LogP contribution is -2.61. The van der Waals surface area contributed by atoms with Crippen LogP contribution in [0.2, 0.25) is 5.02 Å². The van der Waals surface area contributed by atoms with Gasteiger partial charge in [-0.25, -0.2) is 0 Å². The molecule has 0 bridgehead atoms. The third-order valence-corrected chi connectivity index (χ3v) is 10.9. The number of amides is 3. The number of carbonyl (C=O) groups is 3. The molecule has 4 fully saturated rings. The third kappa shape index (κ3) is 7.31. The van der Waals surface area contributed by atoms with Gasteiger partial charge in [0.15, 0.2) is 0 Å². The van der Waals surface area contributed by atoms with Gasteiger partial charge in [-0.05, 0) is 76.2 Å². The monoisotopic (exact) mass is 599 g/mol. The van der Waals surface area contributed by atoms with E-state index in [4.69, 9.17) is 11.6 Å². The SMILES string of the molecule is CN1CCN(C)[C@@H](C(=O)N[C@H](Cc2ccc(Cl)cc2)C(=O)N2CCC(C(=O)NC3CCCC3)(C3CCCCC3)CC2)C1. The van der Waals surface area contributed by atoms with Crippen molar-refractivity contribution in [1.29, 1.82) is 0 Å². The average molecular weight is 600 g/mol. The lowest BCUT2D eigenvalue weighted by Gasteiger charge is -2.47. The van der Waals surface area contributed by atoms with E-state index in [2.05, 4.69) is 20.4 Å². The van der Waals surface area contributed by atoms with Crippen molar-refractivity contribution in [3.05, 3.63) is 34.9 Å². The predicted molar refractivity (Wildman–Crippen MR) is 166 cm³/mol. The Morgan fingerprint density at radius 1 is 0.905 bits per heavy atom. The van der Waals surface area contributed by atoms with Gasteiger partial charge in [0.05, 0.1) is 5.41 Å². The summed E-state index contributed by atoms with van der Waals surface area (Å²) in [5, 5.41) is 7.23. The number of likely N-dealkylation sites (N-methyl/N-ethyl adjacent to an activating group) is 2. The Morgan fingerprint density at radius 3 is 2.21 bits per heavy atom. The van der Waals surface area contributed by atoms with Gasteiger partial charge < -0.3 is 20.4 Å².